The van der Waals surface area contributed by atoms with Crippen molar-refractivity contribution in [1.29, 1.82) is 0 Å². The van der Waals surface area contributed by atoms with E-state index < -0.39 is 0 Å². The molecule has 0 radical (unpaired) electrons. The number of benzene rings is 2. The minimum atomic E-state index is 0.304. The van der Waals surface area contributed by atoms with Crippen LogP contribution in [0.15, 0.2) is 48.5 Å². The first-order valence-corrected chi connectivity index (χ1v) is 7.69. The van der Waals surface area contributed by atoms with Gasteiger partial charge in [-0.25, -0.2) is 0 Å². The van der Waals surface area contributed by atoms with Crippen LogP contribution < -0.4 is 5.32 Å². The first-order valence-electron chi connectivity index (χ1n) is 7.31. The lowest BCUT2D eigenvalue weighted by atomic mass is 9.91. The van der Waals surface area contributed by atoms with Gasteiger partial charge in [-0.1, -0.05) is 49.7 Å². The van der Waals surface area contributed by atoms with Crippen molar-refractivity contribution in [3.05, 3.63) is 64.7 Å². The highest BCUT2D eigenvalue weighted by molar-refractivity contribution is 6.30. The molecule has 21 heavy (non-hydrogen) atoms. The van der Waals surface area contributed by atoms with Gasteiger partial charge in [0.2, 0.25) is 0 Å². The molecule has 2 aromatic rings. The zero-order chi connectivity index (χ0) is 15.2. The molecule has 0 heterocycles. The number of halogens is 1. The Bertz CT molecular complexity index is 566. The highest BCUT2D eigenvalue weighted by atomic mass is 35.5. The molecule has 0 saturated carbocycles. The molecule has 0 saturated heterocycles. The van der Waals surface area contributed by atoms with Gasteiger partial charge in [0.25, 0.3) is 0 Å². The van der Waals surface area contributed by atoms with Crippen LogP contribution in [0, 0.1) is 0 Å². The molecule has 0 aliphatic carbocycles. The number of hydrogen-bond donors (Lipinski definition) is 2. The summed E-state index contributed by atoms with van der Waals surface area (Å²) in [5, 5.41) is 13.7. The fourth-order valence-corrected chi connectivity index (χ4v) is 2.56. The molecular formula is C18H22ClNO. The molecule has 0 aromatic heterocycles. The predicted octanol–water partition coefficient (Wildman–Crippen LogP) is 4.37. The summed E-state index contributed by atoms with van der Waals surface area (Å²) in [6, 6.07) is 15.9. The Morgan fingerprint density at radius 2 is 1.81 bits per heavy atom. The van der Waals surface area contributed by atoms with Crippen molar-refractivity contribution in [3.63, 3.8) is 0 Å². The summed E-state index contributed by atoms with van der Waals surface area (Å²) < 4.78 is 0. The first kappa shape index (κ1) is 15.9. The second kappa shape index (κ2) is 7.48. The molecule has 0 amide bonds. The Balaban J connectivity index is 2.17. The summed E-state index contributed by atoms with van der Waals surface area (Å²) in [6.45, 7) is 5.20. The van der Waals surface area contributed by atoms with Crippen molar-refractivity contribution in [2.75, 3.05) is 6.54 Å². The van der Waals surface area contributed by atoms with Crippen molar-refractivity contribution >= 4 is 11.6 Å². The highest BCUT2D eigenvalue weighted by Crippen LogP contribution is 2.24. The van der Waals surface area contributed by atoms with Crippen LogP contribution >= 0.6 is 11.6 Å². The maximum Gasteiger partial charge on any atom is 0.115 e. The summed E-state index contributed by atoms with van der Waals surface area (Å²) >= 11 is 6.12. The maximum atomic E-state index is 9.39. The van der Waals surface area contributed by atoms with E-state index in [-0.39, 0.29) is 0 Å². The SMILES string of the molecule is CC(C)NCC(Cc1ccc(O)cc1)c1cccc(Cl)c1. The summed E-state index contributed by atoms with van der Waals surface area (Å²) in [5.41, 5.74) is 2.45. The topological polar surface area (TPSA) is 32.3 Å². The van der Waals surface area contributed by atoms with Gasteiger partial charge in [0.15, 0.2) is 0 Å². The van der Waals surface area contributed by atoms with E-state index in [2.05, 4.69) is 25.2 Å². The molecule has 0 fully saturated rings. The first-order chi connectivity index (χ1) is 10.0. The summed E-state index contributed by atoms with van der Waals surface area (Å²) in [4.78, 5) is 0. The fourth-order valence-electron chi connectivity index (χ4n) is 2.36. The molecule has 0 aliphatic rings. The Labute approximate surface area is 131 Å². The van der Waals surface area contributed by atoms with E-state index in [1.807, 2.05) is 30.3 Å². The van der Waals surface area contributed by atoms with E-state index in [1.54, 1.807) is 12.1 Å². The third kappa shape index (κ3) is 5.07. The van der Waals surface area contributed by atoms with E-state index in [4.69, 9.17) is 11.6 Å². The lowest BCUT2D eigenvalue weighted by Gasteiger charge is -2.20. The van der Waals surface area contributed by atoms with Crippen LogP contribution in [0.2, 0.25) is 5.02 Å². The minimum Gasteiger partial charge on any atom is -0.508 e. The fraction of sp³-hybridized carbons (Fsp3) is 0.333. The molecule has 0 bridgehead atoms. The number of rotatable bonds is 6. The van der Waals surface area contributed by atoms with Crippen molar-refractivity contribution in [2.24, 2.45) is 0 Å². The van der Waals surface area contributed by atoms with Gasteiger partial charge < -0.3 is 10.4 Å². The number of nitrogens with one attached hydrogen (secondary N) is 1. The summed E-state index contributed by atoms with van der Waals surface area (Å²) in [7, 11) is 0. The second-order valence-corrected chi connectivity index (χ2v) is 6.12. The van der Waals surface area contributed by atoms with Crippen LogP contribution in [0.25, 0.3) is 0 Å². The largest absolute Gasteiger partial charge is 0.508 e. The van der Waals surface area contributed by atoms with Crippen molar-refractivity contribution in [3.8, 4) is 5.75 Å². The number of hydrogen-bond acceptors (Lipinski definition) is 2. The van der Waals surface area contributed by atoms with Gasteiger partial charge in [-0.15, -0.1) is 0 Å². The van der Waals surface area contributed by atoms with Crippen LogP contribution in [-0.2, 0) is 6.42 Å². The molecule has 112 valence electrons. The van der Waals surface area contributed by atoms with Crippen molar-refractivity contribution in [1.82, 2.24) is 5.32 Å². The molecule has 2 rings (SSSR count). The van der Waals surface area contributed by atoms with Crippen LogP contribution in [0.5, 0.6) is 5.75 Å². The van der Waals surface area contributed by atoms with Crippen molar-refractivity contribution in [2.45, 2.75) is 32.2 Å². The van der Waals surface area contributed by atoms with E-state index in [9.17, 15) is 5.11 Å². The molecule has 3 heteroatoms. The van der Waals surface area contributed by atoms with Gasteiger partial charge in [-0.3, -0.25) is 0 Å². The zero-order valence-electron chi connectivity index (χ0n) is 12.5. The number of phenolic OH excluding ortho intramolecular Hbond substituents is 1. The summed E-state index contributed by atoms with van der Waals surface area (Å²) in [6.07, 6.45) is 0.917. The van der Waals surface area contributed by atoms with Crippen LogP contribution in [0.1, 0.15) is 30.9 Å². The Hall–Kier alpha value is -1.51. The van der Waals surface area contributed by atoms with Gasteiger partial charge in [0, 0.05) is 23.5 Å². The van der Waals surface area contributed by atoms with E-state index in [0.717, 1.165) is 18.0 Å². The normalized spacial score (nSPS) is 12.6. The molecule has 2 aromatic carbocycles. The average molecular weight is 304 g/mol. The highest BCUT2D eigenvalue weighted by Gasteiger charge is 2.13. The third-order valence-electron chi connectivity index (χ3n) is 3.51. The Morgan fingerprint density at radius 3 is 2.43 bits per heavy atom. The molecule has 0 spiro atoms. The van der Waals surface area contributed by atoms with E-state index in [0.29, 0.717) is 17.7 Å². The lowest BCUT2D eigenvalue weighted by molar-refractivity contribution is 0.474. The molecule has 2 N–H and O–H groups in total. The van der Waals surface area contributed by atoms with Gasteiger partial charge in [0.05, 0.1) is 0 Å². The number of phenols is 1. The minimum absolute atomic E-state index is 0.304. The molecule has 1 unspecified atom stereocenters. The quantitative estimate of drug-likeness (QED) is 0.830. The van der Waals surface area contributed by atoms with Crippen LogP contribution in [-0.4, -0.2) is 17.7 Å². The molecule has 0 aliphatic heterocycles. The molecular weight excluding hydrogens is 282 g/mol. The second-order valence-electron chi connectivity index (χ2n) is 5.69. The van der Waals surface area contributed by atoms with Gasteiger partial charge >= 0.3 is 0 Å². The van der Waals surface area contributed by atoms with Gasteiger partial charge in [-0.05, 0) is 41.8 Å². The lowest BCUT2D eigenvalue weighted by Crippen LogP contribution is -2.29. The summed E-state index contributed by atoms with van der Waals surface area (Å²) in [5.74, 6) is 0.661. The Kier molecular flexibility index (Phi) is 5.66. The number of aromatic hydroxyl groups is 1. The smallest absolute Gasteiger partial charge is 0.115 e. The van der Waals surface area contributed by atoms with E-state index in [1.165, 1.54) is 11.1 Å². The van der Waals surface area contributed by atoms with Gasteiger partial charge in [0.1, 0.15) is 5.75 Å². The standard InChI is InChI=1S/C18H22ClNO/c1-13(2)20-12-16(15-4-3-5-17(19)11-15)10-14-6-8-18(21)9-7-14/h3-9,11,13,16,20-21H,10,12H2,1-2H3. The predicted molar refractivity (Wildman–Crippen MR) is 89.1 cm³/mol. The molecule has 1 atom stereocenters. The zero-order valence-corrected chi connectivity index (χ0v) is 13.3. The third-order valence-corrected chi connectivity index (χ3v) is 3.75. The monoisotopic (exact) mass is 303 g/mol. The van der Waals surface area contributed by atoms with Gasteiger partial charge in [-0.2, -0.15) is 0 Å². The average Bonchev–Trinajstić information content (AvgIpc) is 2.45. The van der Waals surface area contributed by atoms with Crippen molar-refractivity contribution < 1.29 is 5.11 Å². The molecule has 2 nitrogen and oxygen atoms in total. The Morgan fingerprint density at radius 1 is 1.10 bits per heavy atom. The van der Waals surface area contributed by atoms with Crippen LogP contribution in [0.3, 0.4) is 0 Å². The van der Waals surface area contributed by atoms with E-state index >= 15 is 0 Å². The van der Waals surface area contributed by atoms with Crippen LogP contribution in [0.4, 0.5) is 0 Å². The maximum absolute atomic E-state index is 9.39.